The van der Waals surface area contributed by atoms with Crippen LogP contribution in [0.5, 0.6) is 0 Å². The highest BCUT2D eigenvalue weighted by atomic mass is 16.5. The highest BCUT2D eigenvalue weighted by Gasteiger charge is 2.19. The number of carbonyl (C=O) groups is 1. The van der Waals surface area contributed by atoms with Crippen LogP contribution in [-0.4, -0.2) is 36.4 Å². The van der Waals surface area contributed by atoms with Crippen LogP contribution in [0.25, 0.3) is 0 Å². The second-order valence-corrected chi connectivity index (χ2v) is 5.23. The third kappa shape index (κ3) is 6.03. The van der Waals surface area contributed by atoms with E-state index in [9.17, 15) is 4.79 Å². The lowest BCUT2D eigenvalue weighted by Crippen LogP contribution is -2.41. The SMILES string of the molecule is CC(C)NC(CCOCC1CCCC1)C(=O)O. The predicted molar refractivity (Wildman–Crippen MR) is 67.1 cm³/mol. The number of aliphatic carboxylic acids is 1. The maximum atomic E-state index is 11.0. The van der Waals surface area contributed by atoms with Gasteiger partial charge < -0.3 is 15.2 Å². The highest BCUT2D eigenvalue weighted by molar-refractivity contribution is 5.73. The summed E-state index contributed by atoms with van der Waals surface area (Å²) >= 11 is 0. The molecule has 4 heteroatoms. The molecule has 1 rings (SSSR count). The highest BCUT2D eigenvalue weighted by Crippen LogP contribution is 2.24. The van der Waals surface area contributed by atoms with Crippen LogP contribution in [0.4, 0.5) is 0 Å². The molecule has 0 amide bonds. The molecule has 0 spiro atoms. The van der Waals surface area contributed by atoms with Gasteiger partial charge in [0.2, 0.25) is 0 Å². The number of rotatable bonds is 8. The third-order valence-corrected chi connectivity index (χ3v) is 3.21. The molecule has 1 atom stereocenters. The van der Waals surface area contributed by atoms with E-state index in [1.54, 1.807) is 0 Å². The fourth-order valence-corrected chi connectivity index (χ4v) is 2.31. The second kappa shape index (κ2) is 7.67. The van der Waals surface area contributed by atoms with Gasteiger partial charge in [0, 0.05) is 19.3 Å². The van der Waals surface area contributed by atoms with Crippen molar-refractivity contribution in [3.8, 4) is 0 Å². The van der Waals surface area contributed by atoms with E-state index in [1.807, 2.05) is 13.8 Å². The Morgan fingerprint density at radius 3 is 2.59 bits per heavy atom. The summed E-state index contributed by atoms with van der Waals surface area (Å²) in [6, 6.07) is -0.301. The normalized spacial score (nSPS) is 18.8. The van der Waals surface area contributed by atoms with Gasteiger partial charge in [0.05, 0.1) is 0 Å². The molecule has 1 aliphatic carbocycles. The maximum absolute atomic E-state index is 11.0. The molecule has 0 saturated heterocycles. The maximum Gasteiger partial charge on any atom is 0.320 e. The molecule has 2 N–H and O–H groups in total. The standard InChI is InChI=1S/C13H25NO3/c1-10(2)14-12(13(15)16)7-8-17-9-11-5-3-4-6-11/h10-12,14H,3-9H2,1-2H3,(H,15,16). The molecular formula is C13H25NO3. The Hall–Kier alpha value is -0.610. The first-order chi connectivity index (χ1) is 8.09. The Kier molecular flexibility index (Phi) is 6.52. The largest absolute Gasteiger partial charge is 0.480 e. The molecule has 0 aromatic heterocycles. The van der Waals surface area contributed by atoms with Crippen LogP contribution in [0, 0.1) is 5.92 Å². The van der Waals surface area contributed by atoms with Gasteiger partial charge in [0.15, 0.2) is 0 Å². The first-order valence-electron chi connectivity index (χ1n) is 6.66. The number of hydrogen-bond donors (Lipinski definition) is 2. The molecule has 17 heavy (non-hydrogen) atoms. The van der Waals surface area contributed by atoms with E-state index in [0.29, 0.717) is 18.9 Å². The van der Waals surface area contributed by atoms with Crippen LogP contribution >= 0.6 is 0 Å². The van der Waals surface area contributed by atoms with E-state index in [-0.39, 0.29) is 6.04 Å². The van der Waals surface area contributed by atoms with Gasteiger partial charge in [-0.3, -0.25) is 4.79 Å². The van der Waals surface area contributed by atoms with Crippen molar-refractivity contribution < 1.29 is 14.6 Å². The molecule has 4 nitrogen and oxygen atoms in total. The molecule has 1 unspecified atom stereocenters. The smallest absolute Gasteiger partial charge is 0.320 e. The van der Waals surface area contributed by atoms with Crippen molar-refractivity contribution in [1.82, 2.24) is 5.32 Å². The molecule has 1 fully saturated rings. The summed E-state index contributed by atoms with van der Waals surface area (Å²) in [5, 5.41) is 12.0. The zero-order chi connectivity index (χ0) is 12.7. The summed E-state index contributed by atoms with van der Waals surface area (Å²) in [5.74, 6) is -0.0838. The van der Waals surface area contributed by atoms with Crippen LogP contribution < -0.4 is 5.32 Å². The fourth-order valence-electron chi connectivity index (χ4n) is 2.31. The number of hydrogen-bond acceptors (Lipinski definition) is 3. The molecule has 0 aliphatic heterocycles. The average Bonchev–Trinajstić information content (AvgIpc) is 2.74. The summed E-state index contributed by atoms with van der Waals surface area (Å²) < 4.78 is 5.58. The van der Waals surface area contributed by atoms with Crippen LogP contribution in [0.15, 0.2) is 0 Å². The van der Waals surface area contributed by atoms with E-state index >= 15 is 0 Å². The Labute approximate surface area is 104 Å². The van der Waals surface area contributed by atoms with E-state index < -0.39 is 12.0 Å². The van der Waals surface area contributed by atoms with Crippen LogP contribution in [0.2, 0.25) is 0 Å². The van der Waals surface area contributed by atoms with Gasteiger partial charge in [-0.05, 0) is 25.2 Å². The molecule has 0 aromatic rings. The average molecular weight is 243 g/mol. The van der Waals surface area contributed by atoms with Gasteiger partial charge in [-0.1, -0.05) is 26.7 Å². The van der Waals surface area contributed by atoms with E-state index in [1.165, 1.54) is 25.7 Å². The van der Waals surface area contributed by atoms with Gasteiger partial charge in [-0.2, -0.15) is 0 Å². The van der Waals surface area contributed by atoms with Crippen LogP contribution in [0.3, 0.4) is 0 Å². The van der Waals surface area contributed by atoms with Gasteiger partial charge in [-0.15, -0.1) is 0 Å². The predicted octanol–water partition coefficient (Wildman–Crippen LogP) is 2.03. The first-order valence-corrected chi connectivity index (χ1v) is 6.66. The monoisotopic (exact) mass is 243 g/mol. The molecular weight excluding hydrogens is 218 g/mol. The van der Waals surface area contributed by atoms with Gasteiger partial charge in [0.1, 0.15) is 6.04 Å². The molecule has 0 radical (unpaired) electrons. The number of carboxylic acid groups (broad SMARTS) is 1. The van der Waals surface area contributed by atoms with Crippen molar-refractivity contribution in [1.29, 1.82) is 0 Å². The van der Waals surface area contributed by atoms with Crippen molar-refractivity contribution in [2.75, 3.05) is 13.2 Å². The second-order valence-electron chi connectivity index (χ2n) is 5.23. The van der Waals surface area contributed by atoms with Crippen molar-refractivity contribution in [2.45, 2.75) is 58.0 Å². The Morgan fingerprint density at radius 2 is 2.06 bits per heavy atom. The van der Waals surface area contributed by atoms with Crippen molar-refractivity contribution in [2.24, 2.45) is 5.92 Å². The van der Waals surface area contributed by atoms with Crippen molar-refractivity contribution >= 4 is 5.97 Å². The number of nitrogens with one attached hydrogen (secondary N) is 1. The van der Waals surface area contributed by atoms with Gasteiger partial charge in [-0.25, -0.2) is 0 Å². The van der Waals surface area contributed by atoms with Crippen molar-refractivity contribution in [3.05, 3.63) is 0 Å². The molecule has 0 aromatic carbocycles. The fraction of sp³-hybridized carbons (Fsp3) is 0.923. The van der Waals surface area contributed by atoms with Gasteiger partial charge in [0.25, 0.3) is 0 Å². The third-order valence-electron chi connectivity index (χ3n) is 3.21. The lowest BCUT2D eigenvalue weighted by atomic mass is 10.1. The quantitative estimate of drug-likeness (QED) is 0.640. The van der Waals surface area contributed by atoms with Gasteiger partial charge >= 0.3 is 5.97 Å². The number of ether oxygens (including phenoxy) is 1. The summed E-state index contributed by atoms with van der Waals surface area (Å²) in [5.41, 5.74) is 0. The first kappa shape index (κ1) is 14.5. The van der Waals surface area contributed by atoms with Crippen LogP contribution in [0.1, 0.15) is 46.0 Å². The lowest BCUT2D eigenvalue weighted by molar-refractivity contribution is -0.140. The minimum atomic E-state index is -0.789. The molecule has 0 bridgehead atoms. The van der Waals surface area contributed by atoms with Crippen molar-refractivity contribution in [3.63, 3.8) is 0 Å². The molecule has 100 valence electrons. The minimum Gasteiger partial charge on any atom is -0.480 e. The zero-order valence-electron chi connectivity index (χ0n) is 10.9. The number of carboxylic acids is 1. The molecule has 1 saturated carbocycles. The van der Waals surface area contributed by atoms with E-state index in [2.05, 4.69) is 5.32 Å². The lowest BCUT2D eigenvalue weighted by Gasteiger charge is -2.17. The molecule has 1 aliphatic rings. The Morgan fingerprint density at radius 1 is 1.41 bits per heavy atom. The summed E-state index contributed by atoms with van der Waals surface area (Å²) in [4.78, 5) is 11.0. The van der Waals surface area contributed by atoms with Crippen LogP contribution in [-0.2, 0) is 9.53 Å². The zero-order valence-corrected chi connectivity index (χ0v) is 10.9. The van der Waals surface area contributed by atoms with E-state index in [0.717, 1.165) is 6.61 Å². The molecule has 0 heterocycles. The summed E-state index contributed by atoms with van der Waals surface area (Å²) in [6.45, 7) is 5.24. The minimum absolute atomic E-state index is 0.186. The van der Waals surface area contributed by atoms with E-state index in [4.69, 9.17) is 9.84 Å². The summed E-state index contributed by atoms with van der Waals surface area (Å²) in [6.07, 6.45) is 5.72. The summed E-state index contributed by atoms with van der Waals surface area (Å²) in [7, 11) is 0. The Bertz CT molecular complexity index is 225. The topological polar surface area (TPSA) is 58.6 Å². The Balaban J connectivity index is 2.11.